The largest absolute Gasteiger partial charge is 0.192 e. The zero-order valence-electron chi connectivity index (χ0n) is 6.33. The highest BCUT2D eigenvalue weighted by molar-refractivity contribution is 5.61. The summed E-state index contributed by atoms with van der Waals surface area (Å²) in [5.41, 5.74) is 1.29. The highest BCUT2D eigenvalue weighted by Crippen LogP contribution is 2.12. The lowest BCUT2D eigenvalue weighted by molar-refractivity contribution is 1.42. The smallest absolute Gasteiger partial charge is 0.101 e. The molecule has 55 valence electrons. The molecule has 0 fully saturated rings. The van der Waals surface area contributed by atoms with Gasteiger partial charge in [-0.3, -0.25) is 0 Å². The average Bonchev–Trinajstić information content (AvgIpc) is 2.16. The highest BCUT2D eigenvalue weighted by Gasteiger charge is 2.03. The van der Waals surface area contributed by atoms with Crippen LogP contribution < -0.4 is 0 Å². The monoisotopic (exact) mass is 153 g/mol. The van der Waals surface area contributed by atoms with E-state index < -0.39 is 0 Å². The molecule has 2 heteroatoms. The van der Waals surface area contributed by atoms with E-state index in [1.807, 2.05) is 12.1 Å². The third kappa shape index (κ3) is 1.19. The Morgan fingerprint density at radius 1 is 1.42 bits per heavy atom. The summed E-state index contributed by atoms with van der Waals surface area (Å²) >= 11 is 0. The molecule has 2 nitrogen and oxygen atoms in total. The summed E-state index contributed by atoms with van der Waals surface area (Å²) in [7, 11) is 0. The lowest BCUT2D eigenvalue weighted by atomic mass is 10.0. The summed E-state index contributed by atoms with van der Waals surface area (Å²) in [6.45, 7) is 3.52. The molecule has 0 spiro atoms. The van der Waals surface area contributed by atoms with Crippen molar-refractivity contribution < 1.29 is 0 Å². The minimum Gasteiger partial charge on any atom is -0.192 e. The third-order valence-electron chi connectivity index (χ3n) is 1.46. The van der Waals surface area contributed by atoms with E-state index in [9.17, 15) is 0 Å². The molecule has 0 atom stereocenters. The van der Waals surface area contributed by atoms with Crippen molar-refractivity contribution in [3.8, 4) is 12.1 Å². The Bertz CT molecular complexity index is 391. The van der Waals surface area contributed by atoms with Gasteiger partial charge >= 0.3 is 0 Å². The predicted octanol–water partition coefficient (Wildman–Crippen LogP) is 1.87. The van der Waals surface area contributed by atoms with Crippen molar-refractivity contribution in [2.45, 2.75) is 0 Å². The normalized spacial score (nSPS) is 8.17. The van der Waals surface area contributed by atoms with Crippen LogP contribution in [0.15, 0.2) is 18.7 Å². The van der Waals surface area contributed by atoms with Crippen molar-refractivity contribution in [2.24, 2.45) is 0 Å². The molecule has 12 heavy (non-hydrogen) atoms. The van der Waals surface area contributed by atoms with E-state index in [2.05, 4.69) is 12.6 Å². The number of nitrogens with zero attached hydrogens (tertiary/aromatic N) is 2. The number of benzene rings is 1. The van der Waals surface area contributed by atoms with E-state index in [0.29, 0.717) is 16.7 Å². The van der Waals surface area contributed by atoms with E-state index in [-0.39, 0.29) is 0 Å². The van der Waals surface area contributed by atoms with E-state index in [4.69, 9.17) is 10.5 Å². The van der Waals surface area contributed by atoms with Crippen molar-refractivity contribution in [1.29, 1.82) is 10.5 Å². The fourth-order valence-corrected chi connectivity index (χ4v) is 0.890. The lowest BCUT2D eigenvalue weighted by Gasteiger charge is -1.96. The van der Waals surface area contributed by atoms with Crippen LogP contribution in [0.1, 0.15) is 16.7 Å². The Hall–Kier alpha value is -2.06. The van der Waals surface area contributed by atoms with Crippen LogP contribution in [0.4, 0.5) is 0 Å². The van der Waals surface area contributed by atoms with Gasteiger partial charge in [0.25, 0.3) is 0 Å². The molecule has 0 aliphatic rings. The van der Waals surface area contributed by atoms with Crippen LogP contribution in [0.25, 0.3) is 6.08 Å². The molecule has 0 amide bonds. The molecule has 0 aromatic heterocycles. The summed E-state index contributed by atoms with van der Waals surface area (Å²) in [5.74, 6) is 0. The van der Waals surface area contributed by atoms with Gasteiger partial charge in [-0.2, -0.15) is 10.5 Å². The number of hydrogen-bond donors (Lipinski definition) is 0. The van der Waals surface area contributed by atoms with Crippen LogP contribution in [-0.4, -0.2) is 0 Å². The molecule has 0 saturated carbocycles. The van der Waals surface area contributed by atoms with Crippen LogP contribution >= 0.6 is 0 Å². The quantitative estimate of drug-likeness (QED) is 0.618. The predicted molar refractivity (Wildman–Crippen MR) is 44.8 cm³/mol. The van der Waals surface area contributed by atoms with E-state index in [1.54, 1.807) is 12.1 Å². The van der Waals surface area contributed by atoms with Crippen molar-refractivity contribution in [2.75, 3.05) is 0 Å². The first-order valence-corrected chi connectivity index (χ1v) is 3.30. The average molecular weight is 153 g/mol. The van der Waals surface area contributed by atoms with Crippen molar-refractivity contribution in [3.63, 3.8) is 0 Å². The first kappa shape index (κ1) is 8.04. The minimum absolute atomic E-state index is 0.343. The second-order valence-electron chi connectivity index (χ2n) is 2.11. The molecule has 0 N–H and O–H groups in total. The van der Waals surface area contributed by atoms with E-state index in [1.165, 1.54) is 6.08 Å². The second kappa shape index (κ2) is 3.37. The van der Waals surface area contributed by atoms with Crippen molar-refractivity contribution in [3.05, 3.63) is 41.5 Å². The molecule has 0 bridgehead atoms. The summed E-state index contributed by atoms with van der Waals surface area (Å²) in [4.78, 5) is 0. The molecular formula is C10H5N2. The van der Waals surface area contributed by atoms with Gasteiger partial charge < -0.3 is 0 Å². The zero-order chi connectivity index (χ0) is 8.97. The van der Waals surface area contributed by atoms with Gasteiger partial charge in [0.05, 0.1) is 11.1 Å². The Labute approximate surface area is 71.0 Å². The van der Waals surface area contributed by atoms with Crippen molar-refractivity contribution >= 4 is 6.08 Å². The van der Waals surface area contributed by atoms with Gasteiger partial charge in [0, 0.05) is 5.56 Å². The van der Waals surface area contributed by atoms with Crippen LogP contribution in [-0.2, 0) is 0 Å². The van der Waals surface area contributed by atoms with Crippen LogP contribution in [0.5, 0.6) is 0 Å². The molecule has 1 aromatic carbocycles. The van der Waals surface area contributed by atoms with Crippen LogP contribution in [0.2, 0.25) is 0 Å². The Morgan fingerprint density at radius 2 is 2.17 bits per heavy atom. The summed E-state index contributed by atoms with van der Waals surface area (Å²) < 4.78 is 0. The molecular weight excluding hydrogens is 148 g/mol. The van der Waals surface area contributed by atoms with Crippen LogP contribution in [0.3, 0.4) is 0 Å². The summed E-state index contributed by atoms with van der Waals surface area (Å²) in [6.07, 6.45) is 1.51. The van der Waals surface area contributed by atoms with Gasteiger partial charge in [-0.15, -0.1) is 0 Å². The number of nitriles is 2. The van der Waals surface area contributed by atoms with E-state index in [0.717, 1.165) is 0 Å². The maximum Gasteiger partial charge on any atom is 0.101 e. The minimum atomic E-state index is 0.343. The molecule has 1 rings (SSSR count). The fraction of sp³-hybridized carbons (Fsp3) is 0. The summed E-state index contributed by atoms with van der Waals surface area (Å²) in [5, 5.41) is 17.3. The maximum atomic E-state index is 8.69. The van der Waals surface area contributed by atoms with Gasteiger partial charge in [-0.1, -0.05) is 18.7 Å². The lowest BCUT2D eigenvalue weighted by Crippen LogP contribution is -1.87. The standard InChI is InChI=1S/C10H5N2/c1-2-8-4-3-5-9(6-11)10(8)7-12/h2-3,5H,1H2. The number of rotatable bonds is 1. The Morgan fingerprint density at radius 3 is 2.67 bits per heavy atom. The van der Waals surface area contributed by atoms with Gasteiger partial charge in [0.1, 0.15) is 12.1 Å². The van der Waals surface area contributed by atoms with Crippen molar-refractivity contribution in [1.82, 2.24) is 0 Å². The number of hydrogen-bond acceptors (Lipinski definition) is 2. The maximum absolute atomic E-state index is 8.69. The van der Waals surface area contributed by atoms with Crippen LogP contribution in [0, 0.1) is 28.7 Å². The first-order valence-electron chi connectivity index (χ1n) is 3.30. The van der Waals surface area contributed by atoms with Gasteiger partial charge in [0.15, 0.2) is 0 Å². The molecule has 0 unspecified atom stereocenters. The fourth-order valence-electron chi connectivity index (χ4n) is 0.890. The molecule has 1 radical (unpaired) electrons. The Kier molecular flexibility index (Phi) is 2.26. The first-order chi connectivity index (χ1) is 5.83. The highest BCUT2D eigenvalue weighted by atomic mass is 14.3. The molecule has 0 aliphatic heterocycles. The van der Waals surface area contributed by atoms with Gasteiger partial charge in [-0.05, 0) is 12.1 Å². The topological polar surface area (TPSA) is 47.6 Å². The molecule has 1 aromatic rings. The van der Waals surface area contributed by atoms with E-state index >= 15 is 0 Å². The molecule has 0 aliphatic carbocycles. The SMILES string of the molecule is C=Cc1[c]ccc(C#N)c1C#N. The second-order valence-corrected chi connectivity index (χ2v) is 2.11. The third-order valence-corrected chi connectivity index (χ3v) is 1.46. The molecule has 0 heterocycles. The Balaban J connectivity index is 3.47. The zero-order valence-corrected chi connectivity index (χ0v) is 6.33. The van der Waals surface area contributed by atoms with Gasteiger partial charge in [-0.25, -0.2) is 0 Å². The summed E-state index contributed by atoms with van der Waals surface area (Å²) in [6, 6.07) is 9.86. The van der Waals surface area contributed by atoms with Gasteiger partial charge in [0.2, 0.25) is 0 Å². The molecule has 0 saturated heterocycles.